The summed E-state index contributed by atoms with van der Waals surface area (Å²) >= 11 is 0. The summed E-state index contributed by atoms with van der Waals surface area (Å²) in [5.74, 6) is -2.19. The minimum Gasteiger partial charge on any atom is -0.495 e. The van der Waals surface area contributed by atoms with Crippen LogP contribution in [0.1, 0.15) is 26.3 Å². The van der Waals surface area contributed by atoms with E-state index in [1.54, 1.807) is 24.3 Å². The molecule has 178 valence electrons. The molecule has 0 bridgehead atoms. The molecule has 0 aliphatic rings. The second-order valence-electron chi connectivity index (χ2n) is 7.25. The normalized spacial score (nSPS) is 11.2. The fourth-order valence-electron chi connectivity index (χ4n) is 3.17. The van der Waals surface area contributed by atoms with E-state index in [2.05, 4.69) is 10.1 Å². The number of carbonyl (C=O) groups is 2. The van der Waals surface area contributed by atoms with Gasteiger partial charge in [-0.15, -0.1) is 0 Å². The van der Waals surface area contributed by atoms with E-state index < -0.39 is 27.7 Å². The molecule has 0 atom stereocenters. The summed E-state index contributed by atoms with van der Waals surface area (Å²) in [5.41, 5.74) is 0.520. The number of sulfonamides is 1. The van der Waals surface area contributed by atoms with Gasteiger partial charge >= 0.3 is 5.97 Å². The van der Waals surface area contributed by atoms with Gasteiger partial charge in [-0.25, -0.2) is 17.6 Å². The number of esters is 1. The number of rotatable bonds is 8. The molecule has 0 aliphatic heterocycles. The van der Waals surface area contributed by atoms with Crippen molar-refractivity contribution in [2.45, 2.75) is 11.4 Å². The van der Waals surface area contributed by atoms with Crippen LogP contribution >= 0.6 is 0 Å². The van der Waals surface area contributed by atoms with Gasteiger partial charge in [-0.1, -0.05) is 30.3 Å². The molecule has 0 spiro atoms. The Morgan fingerprint density at radius 2 is 1.65 bits per heavy atom. The Morgan fingerprint density at radius 1 is 0.971 bits per heavy atom. The fraction of sp³-hybridized carbons (Fsp3) is 0.167. The molecule has 3 aromatic carbocycles. The second-order valence-corrected chi connectivity index (χ2v) is 9.27. The highest BCUT2D eigenvalue weighted by molar-refractivity contribution is 7.89. The zero-order valence-electron chi connectivity index (χ0n) is 18.7. The molecule has 3 aromatic rings. The van der Waals surface area contributed by atoms with Gasteiger partial charge in [0, 0.05) is 19.2 Å². The Balaban J connectivity index is 1.92. The van der Waals surface area contributed by atoms with Gasteiger partial charge in [0.2, 0.25) is 10.0 Å². The SMILES string of the molecule is COC(=O)c1ccc(F)c(NC(=O)c2ccc(OC)c(S(=O)(=O)N(C)Cc3ccccc3)c2)c1. The lowest BCUT2D eigenvalue weighted by atomic mass is 10.1. The van der Waals surface area contributed by atoms with Crippen molar-refractivity contribution in [2.75, 3.05) is 26.6 Å². The monoisotopic (exact) mass is 486 g/mol. The van der Waals surface area contributed by atoms with E-state index in [-0.39, 0.29) is 34.0 Å². The van der Waals surface area contributed by atoms with Gasteiger partial charge < -0.3 is 14.8 Å². The van der Waals surface area contributed by atoms with E-state index in [4.69, 9.17) is 4.74 Å². The van der Waals surface area contributed by atoms with Crippen LogP contribution in [0.3, 0.4) is 0 Å². The second kappa shape index (κ2) is 10.4. The summed E-state index contributed by atoms with van der Waals surface area (Å²) in [5, 5.41) is 2.36. The van der Waals surface area contributed by atoms with Crippen molar-refractivity contribution in [3.63, 3.8) is 0 Å². The first-order valence-electron chi connectivity index (χ1n) is 10.0. The Labute approximate surface area is 197 Å². The fourth-order valence-corrected chi connectivity index (χ4v) is 4.51. The maximum atomic E-state index is 14.2. The van der Waals surface area contributed by atoms with Gasteiger partial charge in [0.15, 0.2) is 0 Å². The molecule has 8 nitrogen and oxygen atoms in total. The van der Waals surface area contributed by atoms with Crippen molar-refractivity contribution in [3.05, 3.63) is 89.2 Å². The molecule has 0 aliphatic carbocycles. The first-order chi connectivity index (χ1) is 16.2. The number of nitrogens with zero attached hydrogens (tertiary/aromatic N) is 1. The Bertz CT molecular complexity index is 1310. The van der Waals surface area contributed by atoms with E-state index >= 15 is 0 Å². The third-order valence-electron chi connectivity index (χ3n) is 5.00. The summed E-state index contributed by atoms with van der Waals surface area (Å²) in [6.45, 7) is 0.105. The van der Waals surface area contributed by atoms with Crippen LogP contribution in [0.4, 0.5) is 10.1 Å². The Kier molecular flexibility index (Phi) is 7.64. The van der Waals surface area contributed by atoms with Gasteiger partial charge in [-0.3, -0.25) is 4.79 Å². The summed E-state index contributed by atoms with van der Waals surface area (Å²) < 4.78 is 51.7. The van der Waals surface area contributed by atoms with Crippen molar-refractivity contribution in [2.24, 2.45) is 0 Å². The molecule has 0 saturated heterocycles. The Morgan fingerprint density at radius 3 is 2.29 bits per heavy atom. The average Bonchev–Trinajstić information content (AvgIpc) is 2.84. The molecule has 1 N–H and O–H groups in total. The zero-order chi connectivity index (χ0) is 24.9. The number of methoxy groups -OCH3 is 2. The lowest BCUT2D eigenvalue weighted by Gasteiger charge is -2.19. The van der Waals surface area contributed by atoms with Crippen molar-refractivity contribution in [1.82, 2.24) is 4.31 Å². The number of anilines is 1. The minimum absolute atomic E-state index is 0.0414. The van der Waals surface area contributed by atoms with Crippen molar-refractivity contribution < 1.29 is 31.9 Å². The van der Waals surface area contributed by atoms with Crippen LogP contribution in [-0.4, -0.2) is 45.9 Å². The number of hydrogen-bond acceptors (Lipinski definition) is 6. The molecular weight excluding hydrogens is 463 g/mol. The molecular formula is C24H23FN2O6S. The molecule has 0 aromatic heterocycles. The summed E-state index contributed by atoms with van der Waals surface area (Å²) in [4.78, 5) is 24.3. The van der Waals surface area contributed by atoms with Crippen molar-refractivity contribution in [3.8, 4) is 5.75 Å². The summed E-state index contributed by atoms with van der Waals surface area (Å²) in [6.07, 6.45) is 0. The summed E-state index contributed by atoms with van der Waals surface area (Å²) in [7, 11) is -0.129. The van der Waals surface area contributed by atoms with E-state index in [0.29, 0.717) is 0 Å². The predicted molar refractivity (Wildman–Crippen MR) is 124 cm³/mol. The van der Waals surface area contributed by atoms with Crippen LogP contribution in [0, 0.1) is 5.82 Å². The lowest BCUT2D eigenvalue weighted by Crippen LogP contribution is -2.27. The molecule has 0 unspecified atom stereocenters. The highest BCUT2D eigenvalue weighted by Crippen LogP contribution is 2.29. The van der Waals surface area contributed by atoms with Crippen LogP contribution in [0.25, 0.3) is 0 Å². The molecule has 0 heterocycles. The van der Waals surface area contributed by atoms with Crippen LogP contribution in [-0.2, 0) is 21.3 Å². The van der Waals surface area contributed by atoms with Crippen LogP contribution in [0.15, 0.2) is 71.6 Å². The van der Waals surface area contributed by atoms with E-state index in [9.17, 15) is 22.4 Å². The molecule has 10 heteroatoms. The molecule has 1 amide bonds. The lowest BCUT2D eigenvalue weighted by molar-refractivity contribution is 0.0600. The van der Waals surface area contributed by atoms with Crippen LogP contribution in [0.5, 0.6) is 5.75 Å². The van der Waals surface area contributed by atoms with Gasteiger partial charge in [-0.2, -0.15) is 4.31 Å². The maximum absolute atomic E-state index is 14.2. The molecule has 0 saturated carbocycles. The number of amides is 1. The predicted octanol–water partition coefficient (Wildman–Crippen LogP) is 3.69. The largest absolute Gasteiger partial charge is 0.495 e. The maximum Gasteiger partial charge on any atom is 0.337 e. The first kappa shape index (κ1) is 24.9. The number of carbonyl (C=O) groups excluding carboxylic acids is 2. The third-order valence-corrected chi connectivity index (χ3v) is 6.82. The van der Waals surface area contributed by atoms with E-state index in [1.165, 1.54) is 39.5 Å². The molecule has 3 rings (SSSR count). The highest BCUT2D eigenvalue weighted by Gasteiger charge is 2.26. The van der Waals surface area contributed by atoms with Gasteiger partial charge in [0.1, 0.15) is 16.5 Å². The molecule has 34 heavy (non-hydrogen) atoms. The number of hydrogen-bond donors (Lipinski definition) is 1. The number of ether oxygens (including phenoxy) is 2. The highest BCUT2D eigenvalue weighted by atomic mass is 32.2. The first-order valence-corrected chi connectivity index (χ1v) is 11.5. The van der Waals surface area contributed by atoms with Crippen LogP contribution < -0.4 is 10.1 Å². The van der Waals surface area contributed by atoms with Gasteiger partial charge in [0.25, 0.3) is 5.91 Å². The average molecular weight is 487 g/mol. The number of benzene rings is 3. The van der Waals surface area contributed by atoms with Crippen molar-refractivity contribution >= 4 is 27.6 Å². The number of halogens is 1. The minimum atomic E-state index is -4.05. The van der Waals surface area contributed by atoms with Crippen molar-refractivity contribution in [1.29, 1.82) is 0 Å². The third kappa shape index (κ3) is 5.41. The molecule has 0 radical (unpaired) electrons. The topological polar surface area (TPSA) is 102 Å². The van der Waals surface area contributed by atoms with Crippen LogP contribution in [0.2, 0.25) is 0 Å². The molecule has 0 fully saturated rings. The standard InChI is InChI=1S/C24H23FN2O6S/c1-27(15-16-7-5-4-6-8-16)34(30,31)22-14-17(10-12-21(22)32-2)23(28)26-20-13-18(24(29)33-3)9-11-19(20)25/h4-14H,15H2,1-3H3,(H,26,28). The van der Waals surface area contributed by atoms with Gasteiger partial charge in [0.05, 0.1) is 25.5 Å². The van der Waals surface area contributed by atoms with Gasteiger partial charge in [-0.05, 0) is 42.0 Å². The summed E-state index contributed by atoms with van der Waals surface area (Å²) in [6, 6.07) is 16.3. The quantitative estimate of drug-likeness (QED) is 0.487. The Hall–Kier alpha value is -3.76. The smallest absolute Gasteiger partial charge is 0.337 e. The van der Waals surface area contributed by atoms with E-state index in [1.807, 2.05) is 6.07 Å². The van der Waals surface area contributed by atoms with E-state index in [0.717, 1.165) is 28.1 Å². The number of nitrogens with one attached hydrogen (secondary N) is 1. The zero-order valence-corrected chi connectivity index (χ0v) is 19.6.